The summed E-state index contributed by atoms with van der Waals surface area (Å²) in [7, 11) is 0. The Morgan fingerprint density at radius 3 is 2.50 bits per heavy atom. The number of nitrogens with zero attached hydrogens (tertiary/aromatic N) is 2. The molecule has 0 saturated heterocycles. The third kappa shape index (κ3) is 3.67. The molecule has 0 aliphatic heterocycles. The SMILES string of the molecule is CCOC(=O)[C@@H](CC)n1cnc2sc(C)c(-c3ccc(OCC)cc3)c2c1=O. The minimum atomic E-state index is -0.683. The molecule has 0 fully saturated rings. The number of hydrogen-bond acceptors (Lipinski definition) is 6. The van der Waals surface area contributed by atoms with Gasteiger partial charge in [-0.1, -0.05) is 19.1 Å². The van der Waals surface area contributed by atoms with E-state index in [-0.39, 0.29) is 12.2 Å². The second-order valence-electron chi connectivity index (χ2n) is 6.30. The van der Waals surface area contributed by atoms with Crippen LogP contribution in [0, 0.1) is 6.92 Å². The van der Waals surface area contributed by atoms with Gasteiger partial charge in [0.1, 0.15) is 16.6 Å². The largest absolute Gasteiger partial charge is 0.494 e. The van der Waals surface area contributed by atoms with Gasteiger partial charge in [-0.2, -0.15) is 0 Å². The molecule has 0 radical (unpaired) electrons. The fourth-order valence-corrected chi connectivity index (χ4v) is 4.29. The van der Waals surface area contributed by atoms with Crippen molar-refractivity contribution in [2.75, 3.05) is 13.2 Å². The molecule has 3 rings (SSSR count). The third-order valence-electron chi connectivity index (χ3n) is 4.55. The average molecular weight is 401 g/mol. The van der Waals surface area contributed by atoms with Crippen LogP contribution in [0.5, 0.6) is 5.75 Å². The summed E-state index contributed by atoms with van der Waals surface area (Å²) in [6.07, 6.45) is 1.90. The van der Waals surface area contributed by atoms with Crippen LogP contribution < -0.4 is 10.3 Å². The van der Waals surface area contributed by atoms with Crippen molar-refractivity contribution in [3.63, 3.8) is 0 Å². The Kier molecular flexibility index (Phi) is 6.14. The fraction of sp³-hybridized carbons (Fsp3) is 0.381. The highest BCUT2D eigenvalue weighted by Gasteiger charge is 2.24. The molecule has 1 atom stereocenters. The molecule has 0 N–H and O–H groups in total. The molecule has 0 saturated carbocycles. The number of fused-ring (bicyclic) bond motifs is 1. The smallest absolute Gasteiger partial charge is 0.329 e. The van der Waals surface area contributed by atoms with Crippen molar-refractivity contribution in [3.05, 3.63) is 45.8 Å². The lowest BCUT2D eigenvalue weighted by atomic mass is 10.0. The van der Waals surface area contributed by atoms with Gasteiger partial charge in [0, 0.05) is 10.4 Å². The van der Waals surface area contributed by atoms with Gasteiger partial charge in [-0.05, 0) is 44.9 Å². The van der Waals surface area contributed by atoms with E-state index >= 15 is 0 Å². The monoisotopic (exact) mass is 400 g/mol. The van der Waals surface area contributed by atoms with Crippen LogP contribution in [-0.4, -0.2) is 28.7 Å². The first-order valence-corrected chi connectivity index (χ1v) is 10.2. The van der Waals surface area contributed by atoms with Gasteiger partial charge in [0.2, 0.25) is 0 Å². The highest BCUT2D eigenvalue weighted by atomic mass is 32.1. The van der Waals surface area contributed by atoms with E-state index in [0.29, 0.717) is 23.2 Å². The predicted octanol–water partition coefficient (Wildman–Crippen LogP) is 4.35. The van der Waals surface area contributed by atoms with Crippen molar-refractivity contribution in [3.8, 4) is 16.9 Å². The minimum Gasteiger partial charge on any atom is -0.494 e. The summed E-state index contributed by atoms with van der Waals surface area (Å²) in [6.45, 7) is 8.39. The molecule has 2 heterocycles. The van der Waals surface area contributed by atoms with E-state index < -0.39 is 12.0 Å². The Hall–Kier alpha value is -2.67. The zero-order valence-electron chi connectivity index (χ0n) is 16.5. The Morgan fingerprint density at radius 1 is 1.18 bits per heavy atom. The Labute approximate surface area is 167 Å². The second-order valence-corrected chi connectivity index (χ2v) is 7.51. The minimum absolute atomic E-state index is 0.224. The highest BCUT2D eigenvalue weighted by Crippen LogP contribution is 2.36. The number of aryl methyl sites for hydroxylation is 1. The molecule has 7 heteroatoms. The summed E-state index contributed by atoms with van der Waals surface area (Å²) in [5.41, 5.74) is 1.56. The Morgan fingerprint density at radius 2 is 1.89 bits per heavy atom. The first-order chi connectivity index (χ1) is 13.5. The molecule has 0 spiro atoms. The molecule has 0 amide bonds. The fourth-order valence-electron chi connectivity index (χ4n) is 3.29. The van der Waals surface area contributed by atoms with Gasteiger partial charge in [-0.25, -0.2) is 9.78 Å². The quantitative estimate of drug-likeness (QED) is 0.552. The van der Waals surface area contributed by atoms with Crippen LogP contribution in [-0.2, 0) is 9.53 Å². The van der Waals surface area contributed by atoms with Gasteiger partial charge in [0.15, 0.2) is 0 Å². The molecule has 3 aromatic rings. The van der Waals surface area contributed by atoms with Gasteiger partial charge >= 0.3 is 5.97 Å². The molecular formula is C21H24N2O4S. The van der Waals surface area contributed by atoms with E-state index in [0.717, 1.165) is 21.8 Å². The maximum atomic E-state index is 13.3. The van der Waals surface area contributed by atoms with E-state index in [4.69, 9.17) is 9.47 Å². The van der Waals surface area contributed by atoms with E-state index in [1.165, 1.54) is 22.2 Å². The van der Waals surface area contributed by atoms with Crippen molar-refractivity contribution in [2.24, 2.45) is 0 Å². The van der Waals surface area contributed by atoms with E-state index in [2.05, 4.69) is 4.98 Å². The summed E-state index contributed by atoms with van der Waals surface area (Å²) in [4.78, 5) is 31.7. The summed E-state index contributed by atoms with van der Waals surface area (Å²) < 4.78 is 12.0. The maximum Gasteiger partial charge on any atom is 0.329 e. The average Bonchev–Trinajstić information content (AvgIpc) is 3.02. The number of aromatic nitrogens is 2. The number of hydrogen-bond donors (Lipinski definition) is 0. The molecule has 28 heavy (non-hydrogen) atoms. The number of ether oxygens (including phenoxy) is 2. The molecule has 0 aliphatic carbocycles. The maximum absolute atomic E-state index is 13.3. The van der Waals surface area contributed by atoms with E-state index in [9.17, 15) is 9.59 Å². The van der Waals surface area contributed by atoms with Crippen LogP contribution in [0.3, 0.4) is 0 Å². The number of thiophene rings is 1. The lowest BCUT2D eigenvalue weighted by molar-refractivity contribution is -0.147. The second kappa shape index (κ2) is 8.56. The van der Waals surface area contributed by atoms with Crippen molar-refractivity contribution in [1.29, 1.82) is 0 Å². The number of benzene rings is 1. The molecule has 0 aliphatic rings. The van der Waals surface area contributed by atoms with Crippen LogP contribution in [0.1, 0.15) is 38.1 Å². The van der Waals surface area contributed by atoms with Gasteiger partial charge in [-0.3, -0.25) is 9.36 Å². The zero-order chi connectivity index (χ0) is 20.3. The van der Waals surface area contributed by atoms with Crippen molar-refractivity contribution in [1.82, 2.24) is 9.55 Å². The first-order valence-electron chi connectivity index (χ1n) is 9.41. The lowest BCUT2D eigenvalue weighted by Crippen LogP contribution is -2.31. The molecule has 0 unspecified atom stereocenters. The van der Waals surface area contributed by atoms with E-state index in [1.807, 2.05) is 45.0 Å². The number of carbonyl (C=O) groups excluding carboxylic acids is 1. The van der Waals surface area contributed by atoms with Gasteiger partial charge in [0.25, 0.3) is 5.56 Å². The molecule has 6 nitrogen and oxygen atoms in total. The topological polar surface area (TPSA) is 70.4 Å². The molecule has 0 bridgehead atoms. The van der Waals surface area contributed by atoms with Gasteiger partial charge in [0.05, 0.1) is 24.9 Å². The lowest BCUT2D eigenvalue weighted by Gasteiger charge is -2.16. The number of esters is 1. The van der Waals surface area contributed by atoms with Crippen molar-refractivity contribution in [2.45, 2.75) is 40.2 Å². The third-order valence-corrected chi connectivity index (χ3v) is 5.56. The molecule has 2 aromatic heterocycles. The van der Waals surface area contributed by atoms with Crippen LogP contribution in [0.2, 0.25) is 0 Å². The molecule has 1 aromatic carbocycles. The Balaban J connectivity index is 2.15. The number of carbonyl (C=O) groups is 1. The standard InChI is InChI=1S/C21H24N2O4S/c1-5-16(21(25)27-7-3)23-12-22-19-18(20(23)24)17(13(4)28-19)14-8-10-15(11-9-14)26-6-2/h8-12,16H,5-7H2,1-4H3/t16-/m1/s1. The number of rotatable bonds is 7. The summed E-state index contributed by atoms with van der Waals surface area (Å²) in [5, 5.41) is 0.539. The van der Waals surface area contributed by atoms with E-state index in [1.54, 1.807) is 6.92 Å². The normalized spacial score (nSPS) is 12.1. The summed E-state index contributed by atoms with van der Waals surface area (Å²) in [6, 6.07) is 6.99. The highest BCUT2D eigenvalue weighted by molar-refractivity contribution is 7.19. The Bertz CT molecular complexity index is 1040. The van der Waals surface area contributed by atoms with Crippen LogP contribution >= 0.6 is 11.3 Å². The zero-order valence-corrected chi connectivity index (χ0v) is 17.3. The van der Waals surface area contributed by atoms with Crippen molar-refractivity contribution >= 4 is 27.5 Å². The predicted molar refractivity (Wildman–Crippen MR) is 111 cm³/mol. The van der Waals surface area contributed by atoms with Gasteiger partial charge < -0.3 is 9.47 Å². The summed E-state index contributed by atoms with van der Waals surface area (Å²) in [5.74, 6) is 0.371. The summed E-state index contributed by atoms with van der Waals surface area (Å²) >= 11 is 1.48. The molecule has 148 valence electrons. The first kappa shape index (κ1) is 20.1. The van der Waals surface area contributed by atoms with Crippen molar-refractivity contribution < 1.29 is 14.3 Å². The molecular weight excluding hydrogens is 376 g/mol. The van der Waals surface area contributed by atoms with Crippen LogP contribution in [0.25, 0.3) is 21.3 Å². The van der Waals surface area contributed by atoms with Crippen LogP contribution in [0.15, 0.2) is 35.4 Å². The van der Waals surface area contributed by atoms with Crippen LogP contribution in [0.4, 0.5) is 0 Å². The van der Waals surface area contributed by atoms with Gasteiger partial charge in [-0.15, -0.1) is 11.3 Å².